The van der Waals surface area contributed by atoms with Gasteiger partial charge in [-0.3, -0.25) is 0 Å². The van der Waals surface area contributed by atoms with Crippen molar-refractivity contribution in [3.8, 4) is 0 Å². The van der Waals surface area contributed by atoms with Gasteiger partial charge in [-0.25, -0.2) is 0 Å². The van der Waals surface area contributed by atoms with Crippen LogP contribution in [0.2, 0.25) is 0 Å². The third-order valence-corrected chi connectivity index (χ3v) is 1.90. The molecule has 1 fully saturated rings. The van der Waals surface area contributed by atoms with Crippen molar-refractivity contribution in [3.05, 3.63) is 0 Å². The van der Waals surface area contributed by atoms with E-state index in [4.69, 9.17) is 9.84 Å². The van der Waals surface area contributed by atoms with Crippen LogP contribution in [-0.2, 0) is 4.74 Å². The normalized spacial score (nSPS) is 41.0. The highest BCUT2D eigenvalue weighted by atomic mass is 16.6. The maximum atomic E-state index is 8.74. The fourth-order valence-electron chi connectivity index (χ4n) is 1.06. The van der Waals surface area contributed by atoms with Crippen molar-refractivity contribution < 1.29 is 9.84 Å². The van der Waals surface area contributed by atoms with Gasteiger partial charge in [0.25, 0.3) is 0 Å². The summed E-state index contributed by atoms with van der Waals surface area (Å²) in [6.07, 6.45) is 2.55. The van der Waals surface area contributed by atoms with Crippen LogP contribution in [0.15, 0.2) is 0 Å². The van der Waals surface area contributed by atoms with Gasteiger partial charge in [-0.05, 0) is 13.3 Å². The van der Waals surface area contributed by atoms with Crippen molar-refractivity contribution in [2.45, 2.75) is 38.4 Å². The Hall–Kier alpha value is -0.0800. The lowest BCUT2D eigenvalue weighted by atomic mass is 10.1. The highest BCUT2D eigenvalue weighted by molar-refractivity contribution is 4.97. The molecule has 0 aromatic rings. The number of hydrogen-bond donors (Lipinski definition) is 1. The number of epoxide rings is 1. The summed E-state index contributed by atoms with van der Waals surface area (Å²) in [6, 6.07) is 0. The maximum Gasteiger partial charge on any atom is 0.115 e. The lowest BCUT2D eigenvalue weighted by Gasteiger charge is -1.97. The number of ether oxygens (including phenoxy) is 1. The summed E-state index contributed by atoms with van der Waals surface area (Å²) in [5.41, 5.74) is -0.185. The Kier molecular flexibility index (Phi) is 1.78. The summed E-state index contributed by atoms with van der Waals surface area (Å²) in [7, 11) is 0. The van der Waals surface area contributed by atoms with Gasteiger partial charge < -0.3 is 9.84 Å². The molecule has 0 saturated carbocycles. The molecule has 0 spiro atoms. The zero-order valence-electron chi connectivity index (χ0n) is 6.05. The van der Waals surface area contributed by atoms with Crippen LogP contribution in [-0.4, -0.2) is 23.4 Å². The highest BCUT2D eigenvalue weighted by Gasteiger charge is 2.50. The number of hydrogen-bond acceptors (Lipinski definition) is 2. The monoisotopic (exact) mass is 130 g/mol. The molecule has 1 heterocycles. The molecule has 2 unspecified atom stereocenters. The Morgan fingerprint density at radius 2 is 2.33 bits per heavy atom. The molecule has 2 atom stereocenters. The molecule has 9 heavy (non-hydrogen) atoms. The van der Waals surface area contributed by atoms with Crippen LogP contribution < -0.4 is 0 Å². The first-order valence-corrected chi connectivity index (χ1v) is 3.51. The molecule has 54 valence electrons. The first kappa shape index (κ1) is 7.03. The van der Waals surface area contributed by atoms with Gasteiger partial charge in [0.1, 0.15) is 5.60 Å². The second-order valence-corrected chi connectivity index (χ2v) is 2.87. The van der Waals surface area contributed by atoms with E-state index in [9.17, 15) is 0 Å². The molecule has 1 rings (SSSR count). The zero-order valence-corrected chi connectivity index (χ0v) is 6.05. The van der Waals surface area contributed by atoms with Crippen molar-refractivity contribution >= 4 is 0 Å². The Balaban J connectivity index is 2.22. The molecule has 2 nitrogen and oxygen atoms in total. The molecule has 0 amide bonds. The van der Waals surface area contributed by atoms with Crippen LogP contribution in [0.4, 0.5) is 0 Å². The lowest BCUT2D eigenvalue weighted by molar-refractivity contribution is 0.184. The van der Waals surface area contributed by atoms with E-state index in [1.165, 1.54) is 0 Å². The standard InChI is InChI=1S/C7H14O2/c1-3-4-6-7(2,5-8)9-6/h6,8H,3-5H2,1-2H3. The minimum atomic E-state index is -0.185. The fourth-order valence-corrected chi connectivity index (χ4v) is 1.06. The highest BCUT2D eigenvalue weighted by Crippen LogP contribution is 2.38. The van der Waals surface area contributed by atoms with E-state index in [0.717, 1.165) is 12.8 Å². The second kappa shape index (κ2) is 2.27. The van der Waals surface area contributed by atoms with Gasteiger partial charge in [0, 0.05) is 0 Å². The van der Waals surface area contributed by atoms with E-state index in [1.807, 2.05) is 6.92 Å². The van der Waals surface area contributed by atoms with Crippen LogP contribution in [0.3, 0.4) is 0 Å². The van der Waals surface area contributed by atoms with Crippen LogP contribution >= 0.6 is 0 Å². The predicted octanol–water partition coefficient (Wildman–Crippen LogP) is 0.936. The van der Waals surface area contributed by atoms with Crippen LogP contribution in [0.25, 0.3) is 0 Å². The lowest BCUT2D eigenvalue weighted by Crippen LogP contribution is -2.14. The van der Waals surface area contributed by atoms with Crippen molar-refractivity contribution in [1.29, 1.82) is 0 Å². The van der Waals surface area contributed by atoms with Crippen molar-refractivity contribution in [3.63, 3.8) is 0 Å². The Morgan fingerprint density at radius 3 is 2.67 bits per heavy atom. The summed E-state index contributed by atoms with van der Waals surface area (Å²) >= 11 is 0. The molecule has 0 aromatic heterocycles. The summed E-state index contributed by atoms with van der Waals surface area (Å²) in [4.78, 5) is 0. The third kappa shape index (κ3) is 1.25. The molecular weight excluding hydrogens is 116 g/mol. The summed E-state index contributed by atoms with van der Waals surface area (Å²) in [5.74, 6) is 0. The number of rotatable bonds is 3. The largest absolute Gasteiger partial charge is 0.393 e. The molecule has 0 radical (unpaired) electrons. The topological polar surface area (TPSA) is 32.8 Å². The first-order valence-electron chi connectivity index (χ1n) is 3.51. The van der Waals surface area contributed by atoms with E-state index in [2.05, 4.69) is 6.92 Å². The Labute approximate surface area is 55.8 Å². The van der Waals surface area contributed by atoms with Gasteiger partial charge in [-0.15, -0.1) is 0 Å². The van der Waals surface area contributed by atoms with E-state index >= 15 is 0 Å². The van der Waals surface area contributed by atoms with Gasteiger partial charge in [0.2, 0.25) is 0 Å². The Morgan fingerprint density at radius 1 is 1.67 bits per heavy atom. The van der Waals surface area contributed by atoms with Gasteiger partial charge in [-0.2, -0.15) is 0 Å². The summed E-state index contributed by atoms with van der Waals surface area (Å²) in [6.45, 7) is 4.24. The minimum Gasteiger partial charge on any atom is -0.393 e. The molecule has 1 N–H and O–H groups in total. The molecule has 1 aliphatic heterocycles. The van der Waals surface area contributed by atoms with Crippen molar-refractivity contribution in [1.82, 2.24) is 0 Å². The number of aliphatic hydroxyl groups is 1. The van der Waals surface area contributed by atoms with Crippen molar-refractivity contribution in [2.24, 2.45) is 0 Å². The molecule has 1 aliphatic rings. The van der Waals surface area contributed by atoms with E-state index in [1.54, 1.807) is 0 Å². The molecule has 0 aliphatic carbocycles. The zero-order chi connectivity index (χ0) is 6.91. The van der Waals surface area contributed by atoms with Gasteiger partial charge in [-0.1, -0.05) is 13.3 Å². The molecule has 0 bridgehead atoms. The SMILES string of the molecule is CCCC1OC1(C)CO. The van der Waals surface area contributed by atoms with E-state index < -0.39 is 0 Å². The van der Waals surface area contributed by atoms with Gasteiger partial charge in [0.15, 0.2) is 0 Å². The fraction of sp³-hybridized carbons (Fsp3) is 1.00. The van der Waals surface area contributed by atoms with E-state index in [-0.39, 0.29) is 12.2 Å². The second-order valence-electron chi connectivity index (χ2n) is 2.87. The predicted molar refractivity (Wildman–Crippen MR) is 35.3 cm³/mol. The Bertz CT molecular complexity index is 101. The first-order chi connectivity index (χ1) is 4.23. The minimum absolute atomic E-state index is 0.164. The van der Waals surface area contributed by atoms with Gasteiger partial charge in [0.05, 0.1) is 12.7 Å². The van der Waals surface area contributed by atoms with E-state index in [0.29, 0.717) is 6.10 Å². The number of aliphatic hydroxyl groups excluding tert-OH is 1. The van der Waals surface area contributed by atoms with Crippen LogP contribution in [0.1, 0.15) is 26.7 Å². The quantitative estimate of drug-likeness (QED) is 0.576. The summed E-state index contributed by atoms with van der Waals surface area (Å²) < 4.78 is 5.24. The molecule has 1 saturated heterocycles. The van der Waals surface area contributed by atoms with Crippen molar-refractivity contribution in [2.75, 3.05) is 6.61 Å². The molecule has 2 heteroatoms. The maximum absolute atomic E-state index is 8.74. The molecular formula is C7H14O2. The third-order valence-electron chi connectivity index (χ3n) is 1.90. The molecule has 0 aromatic carbocycles. The average Bonchev–Trinajstić information content (AvgIpc) is 2.46. The smallest absolute Gasteiger partial charge is 0.115 e. The summed E-state index contributed by atoms with van der Waals surface area (Å²) in [5, 5.41) is 8.74. The van der Waals surface area contributed by atoms with Crippen LogP contribution in [0, 0.1) is 0 Å². The average molecular weight is 130 g/mol. The van der Waals surface area contributed by atoms with Gasteiger partial charge >= 0.3 is 0 Å². The van der Waals surface area contributed by atoms with Crippen LogP contribution in [0.5, 0.6) is 0 Å².